The van der Waals surface area contributed by atoms with Crippen LogP contribution in [0.4, 0.5) is 4.39 Å². The molecule has 5 nitrogen and oxygen atoms in total. The van der Waals surface area contributed by atoms with E-state index in [4.69, 9.17) is 0 Å². The summed E-state index contributed by atoms with van der Waals surface area (Å²) in [6.45, 7) is 0.717. The Kier molecular flexibility index (Phi) is 4.34. The highest BCUT2D eigenvalue weighted by atomic mass is 32.2. The van der Waals surface area contributed by atoms with Gasteiger partial charge in [0.05, 0.1) is 4.90 Å². The monoisotopic (exact) mass is 371 g/mol. The van der Waals surface area contributed by atoms with Crippen LogP contribution in [0.5, 0.6) is 0 Å². The minimum atomic E-state index is -3.69. The number of halogens is 1. The summed E-state index contributed by atoms with van der Waals surface area (Å²) in [5.74, 6) is -0.454. The highest BCUT2D eigenvalue weighted by Gasteiger charge is 2.41. The highest BCUT2D eigenvalue weighted by Crippen LogP contribution is 2.40. The Morgan fingerprint density at radius 2 is 1.65 bits per heavy atom. The number of nitrogens with zero attached hydrogens (tertiary/aromatic N) is 2. The molecule has 0 bridgehead atoms. The lowest BCUT2D eigenvalue weighted by molar-refractivity contribution is 0.469. The Morgan fingerprint density at radius 1 is 0.962 bits per heavy atom. The minimum absolute atomic E-state index is 0.0184. The molecule has 1 aliphatic rings. The lowest BCUT2D eigenvalue weighted by Gasteiger charge is -2.17. The van der Waals surface area contributed by atoms with Crippen molar-refractivity contribution < 1.29 is 12.8 Å². The SMILES string of the molecule is O=S(=O)(c1ccc(F)cc1)N1C[C@@H](c2ccccc2)[C@H](c2ccn[nH]2)C1. The van der Waals surface area contributed by atoms with E-state index < -0.39 is 15.8 Å². The molecule has 4 rings (SSSR count). The van der Waals surface area contributed by atoms with Crippen LogP contribution in [0, 0.1) is 5.82 Å². The molecule has 1 saturated heterocycles. The lowest BCUT2D eigenvalue weighted by Crippen LogP contribution is -2.29. The number of benzene rings is 2. The van der Waals surface area contributed by atoms with Crippen LogP contribution in [0.2, 0.25) is 0 Å². The van der Waals surface area contributed by atoms with Crippen LogP contribution in [0.1, 0.15) is 23.1 Å². The molecule has 1 N–H and O–H groups in total. The van der Waals surface area contributed by atoms with Crippen LogP contribution in [-0.2, 0) is 10.0 Å². The van der Waals surface area contributed by atoms with Gasteiger partial charge in [-0.25, -0.2) is 12.8 Å². The molecule has 7 heteroatoms. The fourth-order valence-corrected chi connectivity index (χ4v) is 5.04. The van der Waals surface area contributed by atoms with E-state index in [-0.39, 0.29) is 16.7 Å². The molecule has 2 aromatic carbocycles. The Labute approximate surface area is 151 Å². The van der Waals surface area contributed by atoms with Crippen LogP contribution in [0.25, 0.3) is 0 Å². The van der Waals surface area contributed by atoms with Gasteiger partial charge in [-0.05, 0) is 35.9 Å². The van der Waals surface area contributed by atoms with E-state index in [1.54, 1.807) is 6.20 Å². The average molecular weight is 371 g/mol. The second-order valence-electron chi connectivity index (χ2n) is 6.41. The molecule has 1 aliphatic heterocycles. The van der Waals surface area contributed by atoms with Gasteiger partial charge in [-0.3, -0.25) is 5.10 Å². The highest BCUT2D eigenvalue weighted by molar-refractivity contribution is 7.89. The summed E-state index contributed by atoms with van der Waals surface area (Å²) in [5.41, 5.74) is 2.00. The maximum absolute atomic E-state index is 13.2. The Balaban J connectivity index is 1.70. The molecule has 134 valence electrons. The zero-order chi connectivity index (χ0) is 18.1. The Morgan fingerprint density at radius 3 is 2.31 bits per heavy atom. The Bertz CT molecular complexity index is 973. The molecule has 0 spiro atoms. The van der Waals surface area contributed by atoms with Crippen molar-refractivity contribution in [3.8, 4) is 0 Å². The third-order valence-corrected chi connectivity index (χ3v) is 6.73. The van der Waals surface area contributed by atoms with Gasteiger partial charge in [0.2, 0.25) is 10.0 Å². The van der Waals surface area contributed by atoms with E-state index in [0.29, 0.717) is 13.1 Å². The van der Waals surface area contributed by atoms with Gasteiger partial charge in [0.25, 0.3) is 0 Å². The van der Waals surface area contributed by atoms with Gasteiger partial charge in [-0.1, -0.05) is 30.3 Å². The molecule has 0 amide bonds. The van der Waals surface area contributed by atoms with Crippen molar-refractivity contribution >= 4 is 10.0 Å². The summed E-state index contributed by atoms with van der Waals surface area (Å²) in [5, 5.41) is 6.99. The summed E-state index contributed by atoms with van der Waals surface area (Å²) in [4.78, 5) is 0.107. The zero-order valence-electron chi connectivity index (χ0n) is 13.9. The molecule has 0 saturated carbocycles. The van der Waals surface area contributed by atoms with Crippen molar-refractivity contribution in [2.24, 2.45) is 0 Å². The number of H-pyrrole nitrogens is 1. The molecule has 3 aromatic rings. The topological polar surface area (TPSA) is 66.1 Å². The van der Waals surface area contributed by atoms with Crippen molar-refractivity contribution in [3.05, 3.63) is 83.9 Å². The summed E-state index contributed by atoms with van der Waals surface area (Å²) in [6, 6.07) is 16.7. The molecular weight excluding hydrogens is 353 g/mol. The molecule has 0 radical (unpaired) electrons. The van der Waals surface area contributed by atoms with Crippen LogP contribution < -0.4 is 0 Å². The van der Waals surface area contributed by atoms with E-state index in [2.05, 4.69) is 10.2 Å². The number of nitrogens with one attached hydrogen (secondary N) is 1. The standard InChI is InChI=1S/C19H18FN3O2S/c20-15-6-8-16(9-7-15)26(24,25)23-12-17(14-4-2-1-3-5-14)18(13-23)19-10-11-21-22-19/h1-11,17-18H,12-13H2,(H,21,22)/t17-,18+/m0/s1. The third-order valence-electron chi connectivity index (χ3n) is 4.89. The number of rotatable bonds is 4. The minimum Gasteiger partial charge on any atom is -0.282 e. The predicted octanol–water partition coefficient (Wildman–Crippen LogP) is 3.12. The predicted molar refractivity (Wildman–Crippen MR) is 95.7 cm³/mol. The van der Waals surface area contributed by atoms with Gasteiger partial charge >= 0.3 is 0 Å². The quantitative estimate of drug-likeness (QED) is 0.766. The first-order valence-corrected chi connectivity index (χ1v) is 9.79. The van der Waals surface area contributed by atoms with Crippen LogP contribution in [0.3, 0.4) is 0 Å². The van der Waals surface area contributed by atoms with Crippen molar-refractivity contribution in [1.29, 1.82) is 0 Å². The molecule has 0 aliphatic carbocycles. The van der Waals surface area contributed by atoms with Crippen molar-refractivity contribution in [3.63, 3.8) is 0 Å². The molecule has 26 heavy (non-hydrogen) atoms. The first-order valence-electron chi connectivity index (χ1n) is 8.35. The van der Waals surface area contributed by atoms with Crippen molar-refractivity contribution in [2.45, 2.75) is 16.7 Å². The molecule has 2 heterocycles. The molecule has 2 atom stereocenters. The summed E-state index contributed by atoms with van der Waals surface area (Å²) >= 11 is 0. The van der Waals surface area contributed by atoms with Gasteiger partial charge in [0.15, 0.2) is 0 Å². The van der Waals surface area contributed by atoms with E-state index in [9.17, 15) is 12.8 Å². The number of aromatic nitrogens is 2. The average Bonchev–Trinajstić information content (AvgIpc) is 3.32. The summed E-state index contributed by atoms with van der Waals surface area (Å²) in [6.07, 6.45) is 1.68. The molecular formula is C19H18FN3O2S. The lowest BCUT2D eigenvalue weighted by atomic mass is 9.87. The maximum atomic E-state index is 13.2. The summed E-state index contributed by atoms with van der Waals surface area (Å²) < 4.78 is 40.7. The molecule has 1 aromatic heterocycles. The van der Waals surface area contributed by atoms with Crippen LogP contribution in [-0.4, -0.2) is 36.0 Å². The van der Waals surface area contributed by atoms with Crippen molar-refractivity contribution in [1.82, 2.24) is 14.5 Å². The first-order chi connectivity index (χ1) is 12.6. The van der Waals surface area contributed by atoms with Crippen molar-refractivity contribution in [2.75, 3.05) is 13.1 Å². The normalized spacial score (nSPS) is 21.1. The van der Waals surface area contributed by atoms with E-state index in [1.807, 2.05) is 36.4 Å². The van der Waals surface area contributed by atoms with Gasteiger partial charge in [-0.2, -0.15) is 9.40 Å². The second-order valence-corrected chi connectivity index (χ2v) is 8.35. The largest absolute Gasteiger partial charge is 0.282 e. The number of hydrogen-bond donors (Lipinski definition) is 1. The number of hydrogen-bond acceptors (Lipinski definition) is 3. The first kappa shape index (κ1) is 16.9. The van der Waals surface area contributed by atoms with Gasteiger partial charge in [0, 0.05) is 36.8 Å². The van der Waals surface area contributed by atoms with E-state index in [0.717, 1.165) is 11.3 Å². The Hall–Kier alpha value is -2.51. The third kappa shape index (κ3) is 3.04. The number of sulfonamides is 1. The zero-order valence-corrected chi connectivity index (χ0v) is 14.7. The molecule has 0 unspecified atom stereocenters. The number of aromatic amines is 1. The molecule has 1 fully saturated rings. The second kappa shape index (κ2) is 6.66. The van der Waals surface area contributed by atoms with Gasteiger partial charge < -0.3 is 0 Å². The summed E-state index contributed by atoms with van der Waals surface area (Å²) in [7, 11) is -3.69. The van der Waals surface area contributed by atoms with E-state index in [1.165, 1.54) is 28.6 Å². The fourth-order valence-electron chi connectivity index (χ4n) is 3.55. The van der Waals surface area contributed by atoms with Gasteiger partial charge in [-0.15, -0.1) is 0 Å². The van der Waals surface area contributed by atoms with Crippen LogP contribution in [0.15, 0.2) is 71.8 Å². The fraction of sp³-hybridized carbons (Fsp3) is 0.211. The maximum Gasteiger partial charge on any atom is 0.243 e. The smallest absolute Gasteiger partial charge is 0.243 e. The van der Waals surface area contributed by atoms with Crippen LogP contribution >= 0.6 is 0 Å². The van der Waals surface area contributed by atoms with Gasteiger partial charge in [0.1, 0.15) is 5.82 Å². The van der Waals surface area contributed by atoms with E-state index >= 15 is 0 Å².